The minimum absolute atomic E-state index is 0.0239. The van der Waals surface area contributed by atoms with Crippen LogP contribution in [0.4, 0.5) is 8.78 Å². The average molecular weight is 243 g/mol. The first kappa shape index (κ1) is 14.1. The van der Waals surface area contributed by atoms with E-state index >= 15 is 0 Å². The molecule has 1 aromatic carbocycles. The van der Waals surface area contributed by atoms with Crippen molar-refractivity contribution in [3.63, 3.8) is 0 Å². The van der Waals surface area contributed by atoms with Gasteiger partial charge in [0.25, 0.3) is 0 Å². The Bertz CT molecular complexity index is 353. The lowest BCUT2D eigenvalue weighted by molar-refractivity contribution is 0.214. The molecule has 2 unspecified atom stereocenters. The summed E-state index contributed by atoms with van der Waals surface area (Å²) in [6.07, 6.45) is 1.26. The van der Waals surface area contributed by atoms with E-state index in [0.717, 1.165) is 12.1 Å². The lowest BCUT2D eigenvalue weighted by atomic mass is 9.87. The van der Waals surface area contributed by atoms with Crippen LogP contribution in [0, 0.1) is 17.6 Å². The van der Waals surface area contributed by atoms with E-state index < -0.39 is 11.6 Å². The zero-order chi connectivity index (χ0) is 12.8. The maximum atomic E-state index is 13.6. The molecule has 3 N–H and O–H groups in total. The monoisotopic (exact) mass is 243 g/mol. The van der Waals surface area contributed by atoms with Crippen molar-refractivity contribution in [1.82, 2.24) is 0 Å². The van der Waals surface area contributed by atoms with Gasteiger partial charge in [-0.05, 0) is 55.0 Å². The Balaban J connectivity index is 2.89. The van der Waals surface area contributed by atoms with E-state index in [1.165, 1.54) is 6.07 Å². The summed E-state index contributed by atoms with van der Waals surface area (Å²) in [7, 11) is 0. The molecule has 96 valence electrons. The molecule has 0 spiro atoms. The first-order valence-corrected chi connectivity index (χ1v) is 5.88. The van der Waals surface area contributed by atoms with Crippen LogP contribution in [0.15, 0.2) is 18.2 Å². The van der Waals surface area contributed by atoms with Crippen LogP contribution in [-0.4, -0.2) is 18.3 Å². The number of hydrogen-bond donors (Lipinski definition) is 2. The van der Waals surface area contributed by atoms with E-state index in [1.54, 1.807) is 0 Å². The van der Waals surface area contributed by atoms with Crippen LogP contribution in [0.1, 0.15) is 31.2 Å². The quantitative estimate of drug-likeness (QED) is 0.806. The Labute approximate surface area is 100 Å². The Morgan fingerprint density at radius 1 is 1.35 bits per heavy atom. The first-order valence-electron chi connectivity index (χ1n) is 5.88. The molecule has 17 heavy (non-hydrogen) atoms. The van der Waals surface area contributed by atoms with Crippen LogP contribution < -0.4 is 5.73 Å². The molecule has 0 saturated carbocycles. The highest BCUT2D eigenvalue weighted by atomic mass is 19.1. The molecule has 0 radical (unpaired) electrons. The number of aliphatic hydroxyl groups is 1. The maximum Gasteiger partial charge on any atom is 0.126 e. The molecule has 0 heterocycles. The molecule has 0 saturated heterocycles. The van der Waals surface area contributed by atoms with E-state index in [-0.39, 0.29) is 18.4 Å². The van der Waals surface area contributed by atoms with Gasteiger partial charge in [0.2, 0.25) is 0 Å². The SMILES string of the molecule is CCC(CC(CN)CO)c1cc(F)ccc1F. The smallest absolute Gasteiger partial charge is 0.126 e. The standard InChI is InChI=1S/C13H19F2NO/c1-2-10(5-9(7-16)8-17)12-6-11(14)3-4-13(12)15/h3-4,6,9-10,17H,2,5,7-8,16H2,1H3. The van der Waals surface area contributed by atoms with Crippen LogP contribution in [0.3, 0.4) is 0 Å². The number of benzene rings is 1. The van der Waals surface area contributed by atoms with Gasteiger partial charge in [-0.15, -0.1) is 0 Å². The van der Waals surface area contributed by atoms with E-state index in [4.69, 9.17) is 10.8 Å². The second-order valence-corrected chi connectivity index (χ2v) is 4.29. The predicted molar refractivity (Wildman–Crippen MR) is 63.6 cm³/mol. The summed E-state index contributed by atoms with van der Waals surface area (Å²) >= 11 is 0. The number of nitrogens with two attached hydrogens (primary N) is 1. The fourth-order valence-corrected chi connectivity index (χ4v) is 1.99. The highest BCUT2D eigenvalue weighted by Gasteiger charge is 2.19. The van der Waals surface area contributed by atoms with Gasteiger partial charge in [0.15, 0.2) is 0 Å². The molecule has 0 fully saturated rings. The Kier molecular flexibility index (Phi) is 5.51. The van der Waals surface area contributed by atoms with Gasteiger partial charge >= 0.3 is 0 Å². The minimum Gasteiger partial charge on any atom is -0.396 e. The van der Waals surface area contributed by atoms with Crippen molar-refractivity contribution in [2.75, 3.05) is 13.2 Å². The zero-order valence-corrected chi connectivity index (χ0v) is 10.00. The fraction of sp³-hybridized carbons (Fsp3) is 0.538. The van der Waals surface area contributed by atoms with Crippen molar-refractivity contribution >= 4 is 0 Å². The molecule has 4 heteroatoms. The molecular weight excluding hydrogens is 224 g/mol. The van der Waals surface area contributed by atoms with Gasteiger partial charge in [-0.2, -0.15) is 0 Å². The zero-order valence-electron chi connectivity index (χ0n) is 10.00. The van der Waals surface area contributed by atoms with Crippen molar-refractivity contribution in [3.8, 4) is 0 Å². The summed E-state index contributed by atoms with van der Waals surface area (Å²) in [6, 6.07) is 3.48. The molecule has 0 aliphatic heterocycles. The topological polar surface area (TPSA) is 46.2 Å². The van der Waals surface area contributed by atoms with Gasteiger partial charge in [-0.1, -0.05) is 6.92 Å². The molecule has 0 aliphatic carbocycles. The molecule has 0 bridgehead atoms. The number of halogens is 2. The van der Waals surface area contributed by atoms with E-state index in [1.807, 2.05) is 6.92 Å². The lowest BCUT2D eigenvalue weighted by Crippen LogP contribution is -2.21. The van der Waals surface area contributed by atoms with E-state index in [2.05, 4.69) is 0 Å². The summed E-state index contributed by atoms with van der Waals surface area (Å²) in [5.41, 5.74) is 5.88. The average Bonchev–Trinajstić information content (AvgIpc) is 2.34. The number of aliphatic hydroxyl groups excluding tert-OH is 1. The Morgan fingerprint density at radius 3 is 2.59 bits per heavy atom. The van der Waals surface area contributed by atoms with E-state index in [9.17, 15) is 8.78 Å². The fourth-order valence-electron chi connectivity index (χ4n) is 1.99. The molecular formula is C13H19F2NO. The maximum absolute atomic E-state index is 13.6. The summed E-state index contributed by atoms with van der Waals surface area (Å²) in [5.74, 6) is -1.01. The third kappa shape index (κ3) is 3.75. The van der Waals surface area contributed by atoms with E-state index in [0.29, 0.717) is 24.9 Å². The van der Waals surface area contributed by atoms with Crippen LogP contribution in [0.5, 0.6) is 0 Å². The van der Waals surface area contributed by atoms with Crippen LogP contribution in [-0.2, 0) is 0 Å². The van der Waals surface area contributed by atoms with Crippen LogP contribution in [0.2, 0.25) is 0 Å². The number of hydrogen-bond acceptors (Lipinski definition) is 2. The summed E-state index contributed by atoms with van der Waals surface area (Å²) in [5, 5.41) is 9.09. The second-order valence-electron chi connectivity index (χ2n) is 4.29. The molecule has 1 rings (SSSR count). The predicted octanol–water partition coefficient (Wildman–Crippen LogP) is 2.42. The summed E-state index contributed by atoms with van der Waals surface area (Å²) in [4.78, 5) is 0. The molecule has 1 aromatic rings. The molecule has 0 aliphatic rings. The van der Waals surface area contributed by atoms with Crippen molar-refractivity contribution < 1.29 is 13.9 Å². The van der Waals surface area contributed by atoms with Crippen molar-refractivity contribution in [2.24, 2.45) is 11.7 Å². The molecule has 0 amide bonds. The van der Waals surface area contributed by atoms with Crippen molar-refractivity contribution in [2.45, 2.75) is 25.7 Å². The summed E-state index contributed by atoms with van der Waals surface area (Å²) < 4.78 is 26.7. The van der Waals surface area contributed by atoms with Gasteiger partial charge in [-0.3, -0.25) is 0 Å². The Morgan fingerprint density at radius 2 is 2.06 bits per heavy atom. The highest BCUT2D eigenvalue weighted by molar-refractivity contribution is 5.22. The van der Waals surface area contributed by atoms with Crippen LogP contribution in [0.25, 0.3) is 0 Å². The highest BCUT2D eigenvalue weighted by Crippen LogP contribution is 2.29. The van der Waals surface area contributed by atoms with Gasteiger partial charge in [0, 0.05) is 6.61 Å². The molecule has 2 atom stereocenters. The molecule has 2 nitrogen and oxygen atoms in total. The normalized spacial score (nSPS) is 14.6. The third-order valence-electron chi connectivity index (χ3n) is 3.10. The van der Waals surface area contributed by atoms with Gasteiger partial charge in [0.05, 0.1) is 0 Å². The summed E-state index contributed by atoms with van der Waals surface area (Å²) in [6.45, 7) is 2.24. The van der Waals surface area contributed by atoms with Crippen molar-refractivity contribution in [1.29, 1.82) is 0 Å². The third-order valence-corrected chi connectivity index (χ3v) is 3.10. The second kappa shape index (κ2) is 6.67. The Hall–Kier alpha value is -1.00. The lowest BCUT2D eigenvalue weighted by Gasteiger charge is -2.21. The van der Waals surface area contributed by atoms with Crippen molar-refractivity contribution in [3.05, 3.63) is 35.4 Å². The van der Waals surface area contributed by atoms with Gasteiger partial charge < -0.3 is 10.8 Å². The van der Waals surface area contributed by atoms with Gasteiger partial charge in [-0.25, -0.2) is 8.78 Å². The van der Waals surface area contributed by atoms with Crippen LogP contribution >= 0.6 is 0 Å². The molecule has 0 aromatic heterocycles. The number of rotatable bonds is 6. The largest absolute Gasteiger partial charge is 0.396 e. The minimum atomic E-state index is -0.437. The van der Waals surface area contributed by atoms with Gasteiger partial charge in [0.1, 0.15) is 11.6 Å². The first-order chi connectivity index (χ1) is 8.12.